The maximum absolute atomic E-state index is 12.2. The molecule has 2 N–H and O–H groups in total. The van der Waals surface area contributed by atoms with Gasteiger partial charge in [0, 0.05) is 29.6 Å². The van der Waals surface area contributed by atoms with E-state index in [2.05, 4.69) is 15.6 Å². The first-order valence-corrected chi connectivity index (χ1v) is 8.79. The SMILES string of the molecule is O=C(NC1CC1)c1ccc(NCc2cc(=O)n3cc(Cl)ccc3n2)cc1. The Morgan fingerprint density at radius 3 is 2.69 bits per heavy atom. The molecular formula is C19H17ClN4O2. The summed E-state index contributed by atoms with van der Waals surface area (Å²) >= 11 is 5.91. The lowest BCUT2D eigenvalue weighted by atomic mass is 10.2. The Bertz CT molecular complexity index is 1030. The van der Waals surface area contributed by atoms with Crippen molar-refractivity contribution in [2.45, 2.75) is 25.4 Å². The van der Waals surface area contributed by atoms with Crippen LogP contribution in [0.2, 0.25) is 5.02 Å². The highest BCUT2D eigenvalue weighted by atomic mass is 35.5. The van der Waals surface area contributed by atoms with Crippen LogP contribution in [0.15, 0.2) is 53.5 Å². The van der Waals surface area contributed by atoms with Gasteiger partial charge < -0.3 is 10.6 Å². The number of fused-ring (bicyclic) bond motifs is 1. The van der Waals surface area contributed by atoms with Gasteiger partial charge in [-0.2, -0.15) is 0 Å². The van der Waals surface area contributed by atoms with Crippen molar-refractivity contribution in [3.05, 3.63) is 75.3 Å². The molecule has 0 atom stereocenters. The van der Waals surface area contributed by atoms with Crippen LogP contribution in [0.4, 0.5) is 5.69 Å². The van der Waals surface area contributed by atoms with Crippen molar-refractivity contribution in [1.29, 1.82) is 0 Å². The van der Waals surface area contributed by atoms with Gasteiger partial charge in [0.1, 0.15) is 5.65 Å². The lowest BCUT2D eigenvalue weighted by Gasteiger charge is -2.09. The van der Waals surface area contributed by atoms with E-state index >= 15 is 0 Å². The normalized spacial score (nSPS) is 13.6. The number of carbonyl (C=O) groups excluding carboxylic acids is 1. The molecule has 0 aliphatic heterocycles. The summed E-state index contributed by atoms with van der Waals surface area (Å²) in [5, 5.41) is 6.66. The summed E-state index contributed by atoms with van der Waals surface area (Å²) in [5.41, 5.74) is 2.49. The maximum atomic E-state index is 12.2. The van der Waals surface area contributed by atoms with Crippen LogP contribution in [0.25, 0.3) is 5.65 Å². The van der Waals surface area contributed by atoms with Crippen molar-refractivity contribution in [2.75, 3.05) is 5.32 Å². The number of nitrogens with one attached hydrogen (secondary N) is 2. The molecule has 1 amide bonds. The number of hydrogen-bond donors (Lipinski definition) is 2. The van der Waals surface area contributed by atoms with Crippen LogP contribution in [0, 0.1) is 0 Å². The molecule has 7 heteroatoms. The second kappa shape index (κ2) is 6.80. The van der Waals surface area contributed by atoms with Crippen LogP contribution in [0.3, 0.4) is 0 Å². The molecule has 2 heterocycles. The molecule has 1 saturated carbocycles. The van der Waals surface area contributed by atoms with E-state index in [1.54, 1.807) is 30.5 Å². The van der Waals surface area contributed by atoms with Crippen LogP contribution in [0.5, 0.6) is 0 Å². The van der Waals surface area contributed by atoms with Crippen molar-refractivity contribution < 1.29 is 4.79 Å². The first kappa shape index (κ1) is 16.6. The second-order valence-electron chi connectivity index (χ2n) is 6.34. The Morgan fingerprint density at radius 1 is 1.19 bits per heavy atom. The van der Waals surface area contributed by atoms with Crippen molar-refractivity contribution in [3.63, 3.8) is 0 Å². The van der Waals surface area contributed by atoms with Gasteiger partial charge in [0.25, 0.3) is 11.5 Å². The smallest absolute Gasteiger partial charge is 0.258 e. The predicted octanol–water partition coefficient (Wildman–Crippen LogP) is 2.85. The van der Waals surface area contributed by atoms with Gasteiger partial charge in [-0.15, -0.1) is 0 Å². The van der Waals surface area contributed by atoms with Gasteiger partial charge >= 0.3 is 0 Å². The van der Waals surface area contributed by atoms with E-state index in [0.717, 1.165) is 18.5 Å². The summed E-state index contributed by atoms with van der Waals surface area (Å²) < 4.78 is 1.42. The number of pyridine rings is 1. The van der Waals surface area contributed by atoms with Crippen LogP contribution in [0.1, 0.15) is 28.9 Å². The summed E-state index contributed by atoms with van der Waals surface area (Å²) in [6.07, 6.45) is 3.68. The molecule has 2 aromatic heterocycles. The van der Waals surface area contributed by atoms with E-state index in [9.17, 15) is 9.59 Å². The zero-order valence-corrected chi connectivity index (χ0v) is 14.7. The molecule has 6 nitrogen and oxygen atoms in total. The largest absolute Gasteiger partial charge is 0.379 e. The summed E-state index contributed by atoms with van der Waals surface area (Å²) in [4.78, 5) is 28.6. The van der Waals surface area contributed by atoms with Gasteiger partial charge in [-0.05, 0) is 49.2 Å². The Balaban J connectivity index is 1.45. The Kier molecular flexibility index (Phi) is 4.34. The standard InChI is InChI=1S/C19H17ClN4O2/c20-13-3-8-17-22-16(9-18(25)24(17)11-13)10-21-14-4-1-12(2-5-14)19(26)23-15-6-7-15/h1-5,8-9,11,15,21H,6-7,10H2,(H,23,26). The van der Waals surface area contributed by atoms with Gasteiger partial charge in [0.2, 0.25) is 0 Å². The van der Waals surface area contributed by atoms with Crippen LogP contribution >= 0.6 is 11.6 Å². The molecule has 0 bridgehead atoms. The van der Waals surface area contributed by atoms with Crippen molar-refractivity contribution in [1.82, 2.24) is 14.7 Å². The average molecular weight is 369 g/mol. The lowest BCUT2D eigenvalue weighted by molar-refractivity contribution is 0.0951. The monoisotopic (exact) mass is 368 g/mol. The third-order valence-electron chi connectivity index (χ3n) is 4.21. The van der Waals surface area contributed by atoms with E-state index in [4.69, 9.17) is 11.6 Å². The van der Waals surface area contributed by atoms with Crippen LogP contribution in [-0.4, -0.2) is 21.3 Å². The molecule has 0 spiro atoms. The minimum Gasteiger partial charge on any atom is -0.379 e. The molecule has 1 aliphatic carbocycles. The molecule has 4 rings (SSSR count). The molecule has 0 unspecified atom stereocenters. The number of nitrogens with zero attached hydrogens (tertiary/aromatic N) is 2. The van der Waals surface area contributed by atoms with E-state index in [1.165, 1.54) is 10.5 Å². The van der Waals surface area contributed by atoms with E-state index in [-0.39, 0.29) is 11.5 Å². The second-order valence-corrected chi connectivity index (χ2v) is 6.78. The molecule has 1 fully saturated rings. The minimum atomic E-state index is -0.179. The lowest BCUT2D eigenvalue weighted by Crippen LogP contribution is -2.25. The first-order valence-electron chi connectivity index (χ1n) is 8.41. The number of hydrogen-bond acceptors (Lipinski definition) is 4. The third-order valence-corrected chi connectivity index (χ3v) is 4.43. The van der Waals surface area contributed by atoms with E-state index in [1.807, 2.05) is 12.1 Å². The topological polar surface area (TPSA) is 75.5 Å². The quantitative estimate of drug-likeness (QED) is 0.726. The van der Waals surface area contributed by atoms with Gasteiger partial charge in [-0.1, -0.05) is 11.6 Å². The van der Waals surface area contributed by atoms with Crippen molar-refractivity contribution in [3.8, 4) is 0 Å². The first-order chi connectivity index (χ1) is 12.6. The van der Waals surface area contributed by atoms with Crippen molar-refractivity contribution in [2.24, 2.45) is 0 Å². The fraction of sp³-hybridized carbons (Fsp3) is 0.211. The van der Waals surface area contributed by atoms with Crippen LogP contribution < -0.4 is 16.2 Å². The highest BCUT2D eigenvalue weighted by molar-refractivity contribution is 6.30. The molecule has 0 radical (unpaired) electrons. The number of anilines is 1. The highest BCUT2D eigenvalue weighted by Gasteiger charge is 2.23. The number of halogens is 1. The fourth-order valence-corrected chi connectivity index (χ4v) is 2.81. The van der Waals surface area contributed by atoms with Gasteiger partial charge in [-0.3, -0.25) is 14.0 Å². The van der Waals surface area contributed by atoms with E-state index in [0.29, 0.717) is 34.5 Å². The number of benzene rings is 1. The Hall–Kier alpha value is -2.86. The summed E-state index contributed by atoms with van der Waals surface area (Å²) in [6.45, 7) is 0.405. The molecule has 3 aromatic rings. The predicted molar refractivity (Wildman–Crippen MR) is 101 cm³/mol. The van der Waals surface area contributed by atoms with Crippen molar-refractivity contribution >= 4 is 28.8 Å². The zero-order chi connectivity index (χ0) is 18.1. The van der Waals surface area contributed by atoms with Crippen LogP contribution in [-0.2, 0) is 6.54 Å². The molecule has 1 aliphatic rings. The number of amides is 1. The molecular weight excluding hydrogens is 352 g/mol. The van der Waals surface area contributed by atoms with Gasteiger partial charge in [0.05, 0.1) is 17.3 Å². The maximum Gasteiger partial charge on any atom is 0.258 e. The third kappa shape index (κ3) is 3.70. The summed E-state index contributed by atoms with van der Waals surface area (Å²) in [6, 6.07) is 12.5. The number of rotatable bonds is 5. The van der Waals surface area contributed by atoms with Gasteiger partial charge in [0.15, 0.2) is 0 Å². The minimum absolute atomic E-state index is 0.0399. The molecule has 1 aromatic carbocycles. The molecule has 0 saturated heterocycles. The fourth-order valence-electron chi connectivity index (χ4n) is 2.65. The highest BCUT2D eigenvalue weighted by Crippen LogP contribution is 2.19. The van der Waals surface area contributed by atoms with Gasteiger partial charge in [-0.25, -0.2) is 4.98 Å². The summed E-state index contributed by atoms with van der Waals surface area (Å²) in [7, 11) is 0. The Labute approximate surface area is 154 Å². The number of aromatic nitrogens is 2. The molecule has 26 heavy (non-hydrogen) atoms. The number of carbonyl (C=O) groups is 1. The zero-order valence-electron chi connectivity index (χ0n) is 13.9. The van der Waals surface area contributed by atoms with E-state index < -0.39 is 0 Å². The molecule has 132 valence electrons. The average Bonchev–Trinajstić information content (AvgIpc) is 3.45. The summed E-state index contributed by atoms with van der Waals surface area (Å²) in [5.74, 6) is -0.0399. The Morgan fingerprint density at radius 2 is 1.96 bits per heavy atom.